The van der Waals surface area contributed by atoms with Gasteiger partial charge in [-0.1, -0.05) is 10.3 Å². The summed E-state index contributed by atoms with van der Waals surface area (Å²) in [5, 5.41) is 41.4. The van der Waals surface area contributed by atoms with E-state index in [0.29, 0.717) is 48.7 Å². The summed E-state index contributed by atoms with van der Waals surface area (Å²) in [4.78, 5) is 16.9. The van der Waals surface area contributed by atoms with E-state index in [-0.39, 0.29) is 23.3 Å². The maximum atomic E-state index is 11.9. The minimum Gasteiger partial charge on any atom is -0.494 e. The minimum atomic E-state index is -0.642. The molecule has 2 heterocycles. The number of carbonyl (C=O) groups is 1. The number of nitrogens with one attached hydrogen (secondary N) is 3. The van der Waals surface area contributed by atoms with Crippen molar-refractivity contribution in [3.05, 3.63) is 119 Å². The summed E-state index contributed by atoms with van der Waals surface area (Å²) < 4.78 is 28.5. The number of hydrogen-bond donors (Lipinski definition) is 8. The monoisotopic (exact) mass is 1010 g/mol. The Morgan fingerprint density at radius 1 is 0.562 bits per heavy atom. The van der Waals surface area contributed by atoms with Gasteiger partial charge in [-0.05, 0) is 220 Å². The molecule has 2 saturated heterocycles. The molecular formula is C55H78N10O8. The highest BCUT2D eigenvalue weighted by molar-refractivity contribution is 6.04. The fourth-order valence-corrected chi connectivity index (χ4v) is 8.56. The summed E-state index contributed by atoms with van der Waals surface area (Å²) in [6, 6.07) is 29.0. The molecule has 0 bridgehead atoms. The highest BCUT2D eigenvalue weighted by Gasteiger charge is 2.21. The summed E-state index contributed by atoms with van der Waals surface area (Å²) in [5.41, 5.74) is 18.6. The van der Waals surface area contributed by atoms with Crippen molar-refractivity contribution in [1.29, 1.82) is 10.8 Å². The number of nitrogens with zero attached hydrogens (tertiary/aromatic N) is 4. The summed E-state index contributed by atoms with van der Waals surface area (Å²) >= 11 is 0. The Kier molecular flexibility index (Phi) is 23.4. The first-order valence-corrected chi connectivity index (χ1v) is 25.4. The molecule has 18 heteroatoms. The SMILES string of the molecule is CC(C)(C)OC(=O)NC(=N)c1ccc(OCCCN2CCC(CCCOc3ccc(/C(N)=N/O)cc3)CC2)cc1.N=C(N)c1ccc(OCCCN2CCC(CCCOc3ccc(/C(N)=N/O)cc3)CC2)cc1. The van der Waals surface area contributed by atoms with E-state index in [9.17, 15) is 4.79 Å². The molecule has 1 amide bonds. The maximum absolute atomic E-state index is 11.9. The van der Waals surface area contributed by atoms with Crippen LogP contribution in [0.2, 0.25) is 0 Å². The molecule has 0 atom stereocenters. The topological polar surface area (TPSA) is 273 Å². The van der Waals surface area contributed by atoms with Crippen molar-refractivity contribution < 1.29 is 38.9 Å². The number of ether oxygens (including phenoxy) is 5. The van der Waals surface area contributed by atoms with Crippen LogP contribution in [-0.2, 0) is 4.74 Å². The number of piperidine rings is 2. The Balaban J connectivity index is 0.000000276. The van der Waals surface area contributed by atoms with E-state index in [1.807, 2.05) is 60.7 Å². The molecule has 0 radical (unpaired) electrons. The van der Waals surface area contributed by atoms with Gasteiger partial charge in [-0.3, -0.25) is 16.1 Å². The largest absolute Gasteiger partial charge is 0.494 e. The number of nitrogen functional groups attached to an aromatic ring is 1. The number of hydrogen-bond acceptors (Lipinski definition) is 14. The first kappa shape index (κ1) is 56.9. The maximum Gasteiger partial charge on any atom is 0.413 e. The number of benzene rings is 4. The molecule has 0 aliphatic carbocycles. The number of likely N-dealkylation sites (tertiary alicyclic amines) is 2. The van der Waals surface area contributed by atoms with Crippen molar-refractivity contribution >= 4 is 29.4 Å². The lowest BCUT2D eigenvalue weighted by Gasteiger charge is -2.32. The molecule has 4 aromatic rings. The van der Waals surface area contributed by atoms with Crippen LogP contribution in [0.3, 0.4) is 0 Å². The van der Waals surface area contributed by atoms with E-state index < -0.39 is 11.7 Å². The van der Waals surface area contributed by atoms with Crippen LogP contribution < -0.4 is 41.5 Å². The standard InChI is InChI=1S/C30H43N5O5.C25H35N5O3/c1-30(2,3)40-29(36)33-27(31)23-7-11-26(12-8-23)39-21-5-17-35-18-15-22(16-19-35)6-4-20-38-25-13-9-24(10-14-25)28(32)34-37;26-24(27)20-4-8-22(9-5-20)33-18-2-14-30-15-12-19(13-16-30)3-1-17-32-23-10-6-21(7-11-23)25(28)29-31/h7-14,22,37H,4-6,15-21H2,1-3H3,(H2,32,34)(H2,31,33,36);4-11,19,31H,1-3,12-18H2,(H3,26,27)(H2,28,29). The second-order valence-electron chi connectivity index (χ2n) is 19.4. The smallest absolute Gasteiger partial charge is 0.413 e. The zero-order valence-electron chi connectivity index (χ0n) is 42.9. The third kappa shape index (κ3) is 21.3. The summed E-state index contributed by atoms with van der Waals surface area (Å²) in [6.07, 6.45) is 10.6. The molecule has 2 aliphatic rings. The first-order valence-electron chi connectivity index (χ1n) is 25.4. The first-order chi connectivity index (χ1) is 35.2. The van der Waals surface area contributed by atoms with Crippen LogP contribution in [0.1, 0.15) is 107 Å². The van der Waals surface area contributed by atoms with Crippen LogP contribution in [0.4, 0.5) is 4.79 Å². The highest BCUT2D eigenvalue weighted by Crippen LogP contribution is 2.25. The third-order valence-corrected chi connectivity index (χ3v) is 12.7. The molecule has 0 aromatic heterocycles. The summed E-state index contributed by atoms with van der Waals surface area (Å²) in [7, 11) is 0. The molecule has 6 rings (SSSR count). The van der Waals surface area contributed by atoms with Gasteiger partial charge >= 0.3 is 6.09 Å². The Morgan fingerprint density at radius 2 is 0.890 bits per heavy atom. The van der Waals surface area contributed by atoms with Crippen molar-refractivity contribution in [3.8, 4) is 23.0 Å². The van der Waals surface area contributed by atoms with Gasteiger partial charge in [0, 0.05) is 35.3 Å². The predicted molar refractivity (Wildman–Crippen MR) is 286 cm³/mol. The van der Waals surface area contributed by atoms with Crippen LogP contribution in [0, 0.1) is 22.7 Å². The van der Waals surface area contributed by atoms with E-state index in [4.69, 9.17) is 62.1 Å². The average Bonchev–Trinajstić information content (AvgIpc) is 3.39. The second-order valence-corrected chi connectivity index (χ2v) is 19.4. The molecule has 0 unspecified atom stereocenters. The lowest BCUT2D eigenvalue weighted by atomic mass is 9.92. The Morgan fingerprint density at radius 3 is 1.22 bits per heavy atom. The molecule has 2 fully saturated rings. The van der Waals surface area contributed by atoms with E-state index >= 15 is 0 Å². The van der Waals surface area contributed by atoms with Gasteiger partial charge in [0.1, 0.15) is 40.3 Å². The zero-order valence-corrected chi connectivity index (χ0v) is 42.9. The fourth-order valence-electron chi connectivity index (χ4n) is 8.56. The van der Waals surface area contributed by atoms with Gasteiger partial charge in [0.05, 0.1) is 26.4 Å². The quantitative estimate of drug-likeness (QED) is 0.0108. The summed E-state index contributed by atoms with van der Waals surface area (Å²) in [6.45, 7) is 14.6. The van der Waals surface area contributed by atoms with Gasteiger partial charge in [-0.2, -0.15) is 0 Å². The van der Waals surface area contributed by atoms with Gasteiger partial charge in [-0.15, -0.1) is 0 Å². The molecule has 0 spiro atoms. The van der Waals surface area contributed by atoms with E-state index in [2.05, 4.69) is 25.4 Å². The Hall–Kier alpha value is -7.05. The van der Waals surface area contributed by atoms with Crippen LogP contribution in [-0.4, -0.2) is 121 Å². The molecule has 73 heavy (non-hydrogen) atoms. The second kappa shape index (κ2) is 30.1. The number of alkyl carbamates (subject to hydrolysis) is 1. The highest BCUT2D eigenvalue weighted by atomic mass is 16.6. The number of rotatable bonds is 24. The van der Waals surface area contributed by atoms with Crippen molar-refractivity contribution in [2.45, 2.75) is 90.6 Å². The lowest BCUT2D eigenvalue weighted by Crippen LogP contribution is -2.36. The van der Waals surface area contributed by atoms with Gasteiger partial charge in [0.2, 0.25) is 0 Å². The number of carbonyl (C=O) groups excluding carboxylic acids is 1. The van der Waals surface area contributed by atoms with Crippen LogP contribution in [0.5, 0.6) is 23.0 Å². The van der Waals surface area contributed by atoms with Crippen molar-refractivity contribution in [2.75, 3.05) is 65.7 Å². The van der Waals surface area contributed by atoms with Gasteiger partial charge < -0.3 is 61.1 Å². The number of amidine groups is 4. The van der Waals surface area contributed by atoms with Crippen LogP contribution in [0.15, 0.2) is 107 Å². The van der Waals surface area contributed by atoms with E-state index in [1.165, 1.54) is 38.5 Å². The zero-order chi connectivity index (χ0) is 52.4. The normalized spacial score (nSPS) is 15.1. The van der Waals surface area contributed by atoms with Gasteiger partial charge in [0.15, 0.2) is 11.7 Å². The Bertz CT molecular complexity index is 2320. The number of amides is 1. The molecule has 4 aromatic carbocycles. The molecule has 2 aliphatic heterocycles. The molecule has 396 valence electrons. The molecule has 0 saturated carbocycles. The summed E-state index contributed by atoms with van der Waals surface area (Å²) in [5.74, 6) is 4.91. The number of nitrogens with two attached hydrogens (primary N) is 3. The van der Waals surface area contributed by atoms with Crippen molar-refractivity contribution in [2.24, 2.45) is 39.3 Å². The number of oxime groups is 2. The third-order valence-electron chi connectivity index (χ3n) is 12.7. The van der Waals surface area contributed by atoms with Gasteiger partial charge in [-0.25, -0.2) is 4.79 Å². The van der Waals surface area contributed by atoms with Crippen molar-refractivity contribution in [1.82, 2.24) is 15.1 Å². The fraction of sp³-hybridized carbons (Fsp3) is 0.473. The molecule has 18 nitrogen and oxygen atoms in total. The lowest BCUT2D eigenvalue weighted by molar-refractivity contribution is 0.0563. The van der Waals surface area contributed by atoms with E-state index in [0.717, 1.165) is 99.8 Å². The van der Waals surface area contributed by atoms with E-state index in [1.54, 1.807) is 57.2 Å². The van der Waals surface area contributed by atoms with Crippen LogP contribution >= 0.6 is 0 Å². The van der Waals surface area contributed by atoms with Crippen molar-refractivity contribution in [3.63, 3.8) is 0 Å². The predicted octanol–water partition coefficient (Wildman–Crippen LogP) is 8.38. The van der Waals surface area contributed by atoms with Crippen LogP contribution in [0.25, 0.3) is 0 Å². The average molecular weight is 1010 g/mol. The molecule has 11 N–H and O–H groups in total. The Labute approximate surface area is 430 Å². The molecular weight excluding hydrogens is 929 g/mol. The minimum absolute atomic E-state index is 0.0110. The van der Waals surface area contributed by atoms with Gasteiger partial charge in [0.25, 0.3) is 0 Å².